The fourth-order valence-corrected chi connectivity index (χ4v) is 2.80. The van der Waals surface area contributed by atoms with Crippen LogP contribution < -0.4 is 5.73 Å². The predicted octanol–water partition coefficient (Wildman–Crippen LogP) is 2.83. The van der Waals surface area contributed by atoms with Gasteiger partial charge in [-0.1, -0.05) is 6.07 Å². The molecule has 0 aliphatic carbocycles. The average Bonchev–Trinajstić information content (AvgIpc) is 2.90. The number of hydrogen-bond donors (Lipinski definition) is 1. The molecule has 1 atom stereocenters. The summed E-state index contributed by atoms with van der Waals surface area (Å²) in [5.74, 6) is 0. The molecule has 2 aromatic heterocycles. The van der Waals surface area contributed by atoms with Gasteiger partial charge in [-0.25, -0.2) is 0 Å². The van der Waals surface area contributed by atoms with Gasteiger partial charge in [-0.2, -0.15) is 0 Å². The van der Waals surface area contributed by atoms with Gasteiger partial charge in [0.05, 0.1) is 11.9 Å². The lowest BCUT2D eigenvalue weighted by molar-refractivity contribution is 0.259. The first-order valence-corrected chi connectivity index (χ1v) is 7.46. The van der Waals surface area contributed by atoms with E-state index in [1.807, 2.05) is 23.5 Å². The molecule has 2 rings (SSSR count). The van der Waals surface area contributed by atoms with Crippen molar-refractivity contribution in [2.24, 2.45) is 0 Å². The Balaban J connectivity index is 1.80. The Morgan fingerprint density at radius 1 is 1.37 bits per heavy atom. The zero-order chi connectivity index (χ0) is 13.7. The highest BCUT2D eigenvalue weighted by atomic mass is 32.1. The van der Waals surface area contributed by atoms with Crippen molar-refractivity contribution < 1.29 is 0 Å². The van der Waals surface area contributed by atoms with Crippen LogP contribution in [-0.2, 0) is 12.8 Å². The molecule has 0 bridgehead atoms. The number of pyridine rings is 1. The van der Waals surface area contributed by atoms with Gasteiger partial charge in [0.2, 0.25) is 0 Å². The van der Waals surface area contributed by atoms with Crippen molar-refractivity contribution in [3.8, 4) is 0 Å². The zero-order valence-corrected chi connectivity index (χ0v) is 12.4. The van der Waals surface area contributed by atoms with Gasteiger partial charge >= 0.3 is 0 Å². The molecular weight excluding hydrogens is 254 g/mol. The first-order chi connectivity index (χ1) is 9.15. The Bertz CT molecular complexity index is 479. The molecule has 0 aromatic carbocycles. The maximum atomic E-state index is 5.63. The van der Waals surface area contributed by atoms with E-state index in [1.165, 1.54) is 4.88 Å². The summed E-state index contributed by atoms with van der Waals surface area (Å²) in [5.41, 5.74) is 7.46. The molecule has 3 nitrogen and oxygen atoms in total. The van der Waals surface area contributed by atoms with Gasteiger partial charge in [-0.05, 0) is 44.0 Å². The van der Waals surface area contributed by atoms with E-state index >= 15 is 0 Å². The lowest BCUT2D eigenvalue weighted by atomic mass is 10.1. The van der Waals surface area contributed by atoms with Crippen LogP contribution >= 0.6 is 11.3 Å². The molecular formula is C15H21N3S. The molecule has 0 amide bonds. The van der Waals surface area contributed by atoms with Crippen molar-refractivity contribution >= 4 is 17.0 Å². The summed E-state index contributed by atoms with van der Waals surface area (Å²) < 4.78 is 0. The van der Waals surface area contributed by atoms with Crippen molar-refractivity contribution in [1.29, 1.82) is 0 Å². The van der Waals surface area contributed by atoms with Crippen LogP contribution in [-0.4, -0.2) is 29.5 Å². The molecule has 0 radical (unpaired) electrons. The minimum atomic E-state index is 0.549. The topological polar surface area (TPSA) is 42.1 Å². The van der Waals surface area contributed by atoms with Crippen LogP contribution in [0.3, 0.4) is 0 Å². The van der Waals surface area contributed by atoms with E-state index in [0.29, 0.717) is 6.04 Å². The summed E-state index contributed by atoms with van der Waals surface area (Å²) in [5, 5.41) is 2.14. The van der Waals surface area contributed by atoms with Crippen LogP contribution in [0.1, 0.15) is 17.5 Å². The highest BCUT2D eigenvalue weighted by Gasteiger charge is 2.10. The minimum absolute atomic E-state index is 0.549. The number of anilines is 1. The van der Waals surface area contributed by atoms with Crippen molar-refractivity contribution in [3.63, 3.8) is 0 Å². The van der Waals surface area contributed by atoms with Gasteiger partial charge < -0.3 is 10.6 Å². The fourth-order valence-electron chi connectivity index (χ4n) is 1.97. The van der Waals surface area contributed by atoms with Crippen LogP contribution in [0.5, 0.6) is 0 Å². The monoisotopic (exact) mass is 275 g/mol. The highest BCUT2D eigenvalue weighted by Crippen LogP contribution is 2.13. The van der Waals surface area contributed by atoms with E-state index < -0.39 is 0 Å². The van der Waals surface area contributed by atoms with Gasteiger partial charge in [0.25, 0.3) is 0 Å². The fraction of sp³-hybridized carbons (Fsp3) is 0.400. The Morgan fingerprint density at radius 2 is 2.21 bits per heavy atom. The third kappa shape index (κ3) is 4.33. The van der Waals surface area contributed by atoms with E-state index in [9.17, 15) is 0 Å². The molecule has 0 aliphatic heterocycles. The van der Waals surface area contributed by atoms with Crippen LogP contribution in [0.4, 0.5) is 5.69 Å². The first kappa shape index (κ1) is 14.0. The maximum absolute atomic E-state index is 5.63. The van der Waals surface area contributed by atoms with Gasteiger partial charge in [0, 0.05) is 29.6 Å². The summed E-state index contributed by atoms with van der Waals surface area (Å²) >= 11 is 1.83. The molecule has 2 aromatic rings. The summed E-state index contributed by atoms with van der Waals surface area (Å²) in [6.07, 6.45) is 3.80. The molecule has 19 heavy (non-hydrogen) atoms. The maximum Gasteiger partial charge on any atom is 0.0501 e. The number of hydrogen-bond acceptors (Lipinski definition) is 4. The summed E-state index contributed by atoms with van der Waals surface area (Å²) in [6.45, 7) is 3.29. The number of likely N-dealkylation sites (N-methyl/N-ethyl adjacent to an activating group) is 1. The molecule has 0 fully saturated rings. The van der Waals surface area contributed by atoms with E-state index in [2.05, 4.69) is 41.4 Å². The Labute approximate surface area is 119 Å². The van der Waals surface area contributed by atoms with Gasteiger partial charge in [-0.3, -0.25) is 4.98 Å². The SMILES string of the molecule is CC(Cc1cccs1)N(C)CCc1ccc(N)cn1. The first-order valence-electron chi connectivity index (χ1n) is 6.58. The van der Waals surface area contributed by atoms with Crippen LogP contribution in [0.15, 0.2) is 35.8 Å². The summed E-state index contributed by atoms with van der Waals surface area (Å²) in [7, 11) is 2.18. The number of aromatic nitrogens is 1. The van der Waals surface area contributed by atoms with Gasteiger partial charge in [0.1, 0.15) is 0 Å². The van der Waals surface area contributed by atoms with E-state index in [-0.39, 0.29) is 0 Å². The van der Waals surface area contributed by atoms with Crippen molar-refractivity contribution in [2.45, 2.75) is 25.8 Å². The third-order valence-electron chi connectivity index (χ3n) is 3.40. The molecule has 0 saturated carbocycles. The molecule has 0 spiro atoms. The number of nitrogen functional groups attached to an aromatic ring is 1. The third-order valence-corrected chi connectivity index (χ3v) is 4.30. The van der Waals surface area contributed by atoms with Crippen LogP contribution in [0.25, 0.3) is 0 Å². The second-order valence-corrected chi connectivity index (χ2v) is 5.98. The zero-order valence-electron chi connectivity index (χ0n) is 11.5. The number of nitrogens with zero attached hydrogens (tertiary/aromatic N) is 2. The van der Waals surface area contributed by atoms with Crippen molar-refractivity contribution in [3.05, 3.63) is 46.4 Å². The standard InChI is InChI=1S/C15H21N3S/c1-12(10-15-4-3-9-19-15)18(2)8-7-14-6-5-13(16)11-17-14/h3-6,9,11-12H,7-8,10,16H2,1-2H3. The highest BCUT2D eigenvalue weighted by molar-refractivity contribution is 7.09. The Hall–Kier alpha value is -1.39. The van der Waals surface area contributed by atoms with E-state index in [4.69, 9.17) is 5.73 Å². The van der Waals surface area contributed by atoms with E-state index in [0.717, 1.165) is 30.8 Å². The quantitative estimate of drug-likeness (QED) is 0.881. The smallest absolute Gasteiger partial charge is 0.0501 e. The second-order valence-electron chi connectivity index (χ2n) is 4.95. The van der Waals surface area contributed by atoms with Crippen LogP contribution in [0, 0.1) is 0 Å². The molecule has 2 heterocycles. The molecule has 102 valence electrons. The molecule has 0 aliphatic rings. The number of nitrogens with two attached hydrogens (primary N) is 1. The summed E-state index contributed by atoms with van der Waals surface area (Å²) in [4.78, 5) is 8.17. The predicted molar refractivity (Wildman–Crippen MR) is 82.5 cm³/mol. The van der Waals surface area contributed by atoms with Crippen molar-refractivity contribution in [2.75, 3.05) is 19.3 Å². The average molecular weight is 275 g/mol. The number of rotatable bonds is 6. The Kier molecular flexibility index (Phi) is 4.93. The lowest BCUT2D eigenvalue weighted by Crippen LogP contribution is -2.32. The number of thiophene rings is 1. The van der Waals surface area contributed by atoms with Gasteiger partial charge in [-0.15, -0.1) is 11.3 Å². The minimum Gasteiger partial charge on any atom is -0.397 e. The Morgan fingerprint density at radius 3 is 2.84 bits per heavy atom. The summed E-state index contributed by atoms with van der Waals surface area (Å²) in [6, 6.07) is 8.79. The molecule has 1 unspecified atom stereocenters. The van der Waals surface area contributed by atoms with Crippen molar-refractivity contribution in [1.82, 2.24) is 9.88 Å². The molecule has 4 heteroatoms. The van der Waals surface area contributed by atoms with E-state index in [1.54, 1.807) is 6.20 Å². The normalized spacial score (nSPS) is 12.8. The largest absolute Gasteiger partial charge is 0.397 e. The molecule has 2 N–H and O–H groups in total. The molecule has 0 saturated heterocycles. The lowest BCUT2D eigenvalue weighted by Gasteiger charge is -2.24. The van der Waals surface area contributed by atoms with Crippen LogP contribution in [0.2, 0.25) is 0 Å². The second kappa shape index (κ2) is 6.68. The van der Waals surface area contributed by atoms with Gasteiger partial charge in [0.15, 0.2) is 0 Å².